The van der Waals surface area contributed by atoms with Gasteiger partial charge in [-0.3, -0.25) is 0 Å². The molecule has 174 valence electrons. The van der Waals surface area contributed by atoms with Crippen molar-refractivity contribution in [2.24, 2.45) is 0 Å². The first-order chi connectivity index (χ1) is 18.9. The van der Waals surface area contributed by atoms with Gasteiger partial charge in [0.2, 0.25) is 5.65 Å². The van der Waals surface area contributed by atoms with Gasteiger partial charge in [0.1, 0.15) is 40.5 Å². The molecule has 0 saturated carbocycles. The Bertz CT molecular complexity index is 2450. The highest BCUT2D eigenvalue weighted by atomic mass is 16.5. The van der Waals surface area contributed by atoms with Crippen LogP contribution in [0.15, 0.2) is 104 Å². The number of imidazole rings is 1. The Morgan fingerprint density at radius 2 is 1.55 bits per heavy atom. The molecule has 1 spiro atoms. The van der Waals surface area contributed by atoms with Gasteiger partial charge in [0, 0.05) is 28.4 Å². The van der Waals surface area contributed by atoms with E-state index in [2.05, 4.69) is 109 Å². The summed E-state index contributed by atoms with van der Waals surface area (Å²) in [6.45, 7) is 0. The molecule has 1 atom stereocenters. The molecule has 8 heterocycles. The van der Waals surface area contributed by atoms with Crippen LogP contribution in [0.3, 0.4) is 0 Å². The minimum Gasteiger partial charge on any atom is -0.456 e. The summed E-state index contributed by atoms with van der Waals surface area (Å²) < 4.78 is 16.3. The summed E-state index contributed by atoms with van der Waals surface area (Å²) in [5, 5.41) is 6.06. The number of nitrogens with zero attached hydrogens (tertiary/aromatic N) is 5. The lowest BCUT2D eigenvalue weighted by Crippen LogP contribution is -2.75. The van der Waals surface area contributed by atoms with Gasteiger partial charge in [0.25, 0.3) is 5.82 Å². The maximum absolute atomic E-state index is 6.78. The van der Waals surface area contributed by atoms with Crippen LogP contribution in [0.4, 0.5) is 0 Å². The Hall–Kier alpha value is -5.23. The summed E-state index contributed by atoms with van der Waals surface area (Å²) in [6.07, 6.45) is 8.49. The molecule has 0 radical (unpaired) electrons. The van der Waals surface area contributed by atoms with Crippen LogP contribution in [-0.4, -0.2) is 14.0 Å². The van der Waals surface area contributed by atoms with Crippen LogP contribution in [0.1, 0.15) is 11.1 Å². The van der Waals surface area contributed by atoms with Crippen molar-refractivity contribution in [3.63, 3.8) is 0 Å². The third-order valence-electron chi connectivity index (χ3n) is 9.00. The zero-order valence-electron chi connectivity index (χ0n) is 20.0. The van der Waals surface area contributed by atoms with E-state index in [0.717, 1.165) is 34.0 Å². The SMILES string of the molecule is c1cc[n+]2c(c1)-n1c3ccccc3c3ccc4c(c31)C21c2c(ccc3c5cccnc5n5cc[n+]1c5c23)O4. The molecule has 0 saturated heterocycles. The molecule has 3 aromatic carbocycles. The second-order valence-electron chi connectivity index (χ2n) is 10.5. The molecule has 3 aliphatic rings. The van der Waals surface area contributed by atoms with Crippen molar-refractivity contribution in [3.8, 4) is 17.3 Å². The number of ether oxygens (including phenoxy) is 1. The van der Waals surface area contributed by atoms with Crippen molar-refractivity contribution in [2.45, 2.75) is 5.66 Å². The lowest BCUT2D eigenvalue weighted by molar-refractivity contribution is -0.956. The minimum absolute atomic E-state index is 0.628. The molecule has 0 bridgehead atoms. The molecule has 6 heteroatoms. The van der Waals surface area contributed by atoms with Crippen LogP contribution in [0.25, 0.3) is 55.1 Å². The molecule has 0 amide bonds. The number of pyridine rings is 3. The van der Waals surface area contributed by atoms with Crippen molar-refractivity contribution >= 4 is 49.3 Å². The van der Waals surface area contributed by atoms with Crippen LogP contribution in [0, 0.1) is 0 Å². The number of rotatable bonds is 0. The van der Waals surface area contributed by atoms with E-state index in [-0.39, 0.29) is 0 Å². The first-order valence-electron chi connectivity index (χ1n) is 12.9. The number of aromatic nitrogens is 5. The maximum atomic E-state index is 6.78. The maximum Gasteiger partial charge on any atom is 0.318 e. The number of hydrogen-bond acceptors (Lipinski definition) is 2. The van der Waals surface area contributed by atoms with Crippen LogP contribution >= 0.6 is 0 Å². The predicted octanol–water partition coefficient (Wildman–Crippen LogP) is 5.34. The van der Waals surface area contributed by atoms with E-state index in [1.165, 1.54) is 43.7 Å². The molecular formula is C32H17N5O+2. The van der Waals surface area contributed by atoms with Crippen LogP contribution in [0.2, 0.25) is 0 Å². The van der Waals surface area contributed by atoms with Gasteiger partial charge in [-0.2, -0.15) is 18.1 Å². The number of para-hydroxylation sites is 1. The molecule has 3 aliphatic heterocycles. The van der Waals surface area contributed by atoms with Gasteiger partial charge in [0.05, 0.1) is 17.0 Å². The second-order valence-corrected chi connectivity index (χ2v) is 10.5. The van der Waals surface area contributed by atoms with Crippen molar-refractivity contribution in [3.05, 3.63) is 115 Å². The van der Waals surface area contributed by atoms with E-state index in [0.29, 0.717) is 0 Å². The molecule has 0 fully saturated rings. The van der Waals surface area contributed by atoms with Crippen molar-refractivity contribution in [2.75, 3.05) is 0 Å². The fraction of sp³-hybridized carbons (Fsp3) is 0.0312. The lowest BCUT2D eigenvalue weighted by atomic mass is 9.83. The summed E-state index contributed by atoms with van der Waals surface area (Å²) in [5.74, 6) is 2.94. The topological polar surface area (TPSA) is 39.2 Å². The first-order valence-corrected chi connectivity index (χ1v) is 12.9. The molecule has 11 rings (SSSR count). The van der Waals surface area contributed by atoms with Crippen LogP contribution in [-0.2, 0) is 5.66 Å². The monoisotopic (exact) mass is 487 g/mol. The summed E-state index contributed by atoms with van der Waals surface area (Å²) in [7, 11) is 0. The summed E-state index contributed by atoms with van der Waals surface area (Å²) >= 11 is 0. The molecule has 0 N–H and O–H groups in total. The van der Waals surface area contributed by atoms with Gasteiger partial charge >= 0.3 is 11.3 Å². The fourth-order valence-electron chi connectivity index (χ4n) is 7.76. The van der Waals surface area contributed by atoms with E-state index in [1.54, 1.807) is 0 Å². The molecule has 5 aromatic heterocycles. The standard InChI is InChI=1S/C32H17N5O/c1-2-8-22-18(6-1)20-11-13-24-28-29(20)37(22)25-9-3-4-15-35(25)32(28)27-23(38-24)12-10-19-21-7-5-14-33-30(21)34-16-17-36(32)31(34)26(19)27/h1-17H/q+2. The molecule has 8 aromatic rings. The van der Waals surface area contributed by atoms with Gasteiger partial charge in [-0.05, 0) is 54.6 Å². The highest BCUT2D eigenvalue weighted by Crippen LogP contribution is 2.56. The second kappa shape index (κ2) is 5.53. The summed E-state index contributed by atoms with van der Waals surface area (Å²) in [6, 6.07) is 28.2. The Morgan fingerprint density at radius 1 is 0.711 bits per heavy atom. The molecule has 1 unspecified atom stereocenters. The summed E-state index contributed by atoms with van der Waals surface area (Å²) in [4.78, 5) is 4.82. The Kier molecular flexibility index (Phi) is 2.63. The zero-order valence-corrected chi connectivity index (χ0v) is 20.0. The minimum atomic E-state index is -0.628. The number of hydrogen-bond donors (Lipinski definition) is 0. The normalized spacial score (nSPS) is 17.8. The highest BCUT2D eigenvalue weighted by molar-refractivity contribution is 6.15. The van der Waals surface area contributed by atoms with E-state index in [1.807, 2.05) is 12.3 Å². The average Bonchev–Trinajstić information content (AvgIpc) is 3.65. The molecule has 6 nitrogen and oxygen atoms in total. The van der Waals surface area contributed by atoms with Crippen LogP contribution < -0.4 is 13.9 Å². The number of fused-ring (bicyclic) bond motifs is 8. The Morgan fingerprint density at radius 3 is 2.53 bits per heavy atom. The van der Waals surface area contributed by atoms with Gasteiger partial charge in [-0.25, -0.2) is 4.98 Å². The molecule has 38 heavy (non-hydrogen) atoms. The number of benzene rings is 3. The van der Waals surface area contributed by atoms with E-state index >= 15 is 0 Å². The third-order valence-corrected chi connectivity index (χ3v) is 9.00. The van der Waals surface area contributed by atoms with Crippen molar-refractivity contribution < 1.29 is 13.9 Å². The Balaban J connectivity index is 1.50. The van der Waals surface area contributed by atoms with E-state index < -0.39 is 5.66 Å². The van der Waals surface area contributed by atoms with Gasteiger partial charge in [-0.15, -0.1) is 0 Å². The third kappa shape index (κ3) is 1.59. The quantitative estimate of drug-likeness (QED) is 0.214. The van der Waals surface area contributed by atoms with Gasteiger partial charge in [-0.1, -0.05) is 18.2 Å². The molecule has 0 aliphatic carbocycles. The average molecular weight is 488 g/mol. The van der Waals surface area contributed by atoms with E-state index in [4.69, 9.17) is 9.72 Å². The van der Waals surface area contributed by atoms with Crippen molar-refractivity contribution in [1.29, 1.82) is 0 Å². The largest absolute Gasteiger partial charge is 0.456 e. The van der Waals surface area contributed by atoms with Crippen LogP contribution in [0.5, 0.6) is 11.5 Å². The zero-order chi connectivity index (χ0) is 24.3. The smallest absolute Gasteiger partial charge is 0.318 e. The van der Waals surface area contributed by atoms with Crippen molar-refractivity contribution in [1.82, 2.24) is 14.0 Å². The summed E-state index contributed by atoms with van der Waals surface area (Å²) in [5.41, 5.74) is 6.27. The van der Waals surface area contributed by atoms with Gasteiger partial charge < -0.3 is 4.74 Å². The lowest BCUT2D eigenvalue weighted by Gasteiger charge is -2.36. The highest BCUT2D eigenvalue weighted by Gasteiger charge is 2.64. The predicted molar refractivity (Wildman–Crippen MR) is 143 cm³/mol. The van der Waals surface area contributed by atoms with E-state index in [9.17, 15) is 0 Å². The first kappa shape index (κ1) is 18.1. The van der Waals surface area contributed by atoms with Gasteiger partial charge in [0.15, 0.2) is 5.52 Å². The Labute approximate surface area is 214 Å². The fourth-order valence-corrected chi connectivity index (χ4v) is 7.76. The molecular weight excluding hydrogens is 470 g/mol.